The molecule has 1 aliphatic rings. The molecule has 2 heterocycles. The fourth-order valence-electron chi connectivity index (χ4n) is 2.33. The lowest BCUT2D eigenvalue weighted by Gasteiger charge is -2.16. The minimum absolute atomic E-state index is 0.644. The molecule has 0 radical (unpaired) electrons. The quantitative estimate of drug-likeness (QED) is 0.925. The van der Waals surface area contributed by atoms with Crippen molar-refractivity contribution in [2.75, 3.05) is 23.3 Å². The van der Waals surface area contributed by atoms with Crippen LogP contribution in [0.3, 0.4) is 0 Å². The number of nitrogens with one attached hydrogen (secondary N) is 1. The van der Waals surface area contributed by atoms with Crippen LogP contribution >= 0.6 is 15.9 Å². The van der Waals surface area contributed by atoms with Crippen LogP contribution in [0, 0.1) is 6.92 Å². The van der Waals surface area contributed by atoms with Gasteiger partial charge in [-0.2, -0.15) is 4.98 Å². The van der Waals surface area contributed by atoms with Crippen molar-refractivity contribution in [3.63, 3.8) is 0 Å². The molecule has 0 aliphatic carbocycles. The molecule has 2 aromatic rings. The molecular formula is C15H17BrN4. The van der Waals surface area contributed by atoms with Gasteiger partial charge in [-0.1, -0.05) is 22.0 Å². The zero-order valence-corrected chi connectivity index (χ0v) is 13.0. The van der Waals surface area contributed by atoms with Crippen LogP contribution in [0.25, 0.3) is 0 Å². The number of aryl methyl sites for hydroxylation is 1. The summed E-state index contributed by atoms with van der Waals surface area (Å²) < 4.78 is 1.08. The van der Waals surface area contributed by atoms with E-state index in [4.69, 9.17) is 0 Å². The van der Waals surface area contributed by atoms with Crippen molar-refractivity contribution in [2.24, 2.45) is 0 Å². The lowest BCUT2D eigenvalue weighted by Crippen LogP contribution is -2.19. The van der Waals surface area contributed by atoms with Crippen LogP contribution in [-0.2, 0) is 0 Å². The molecule has 1 aliphatic heterocycles. The maximum Gasteiger partial charge on any atom is 0.229 e. The van der Waals surface area contributed by atoms with E-state index in [2.05, 4.69) is 49.1 Å². The maximum absolute atomic E-state index is 4.59. The summed E-state index contributed by atoms with van der Waals surface area (Å²) in [6.07, 6.45) is 4.31. The fourth-order valence-corrected chi connectivity index (χ4v) is 2.71. The molecule has 0 atom stereocenters. The van der Waals surface area contributed by atoms with Gasteiger partial charge in [-0.3, -0.25) is 0 Å². The number of benzene rings is 1. The molecule has 1 aromatic heterocycles. The standard InChI is InChI=1S/C15H17BrN4/c1-11-4-5-12(10-13(11)16)18-15-17-7-6-14(19-15)20-8-2-3-9-20/h4-7,10H,2-3,8-9H2,1H3,(H,17,18,19). The predicted octanol–water partition coefficient (Wildman–Crippen LogP) is 3.89. The van der Waals surface area contributed by atoms with Gasteiger partial charge in [0.25, 0.3) is 0 Å². The predicted molar refractivity (Wildman–Crippen MR) is 85.6 cm³/mol. The molecule has 5 heteroatoms. The van der Waals surface area contributed by atoms with Gasteiger partial charge in [0.1, 0.15) is 5.82 Å². The van der Waals surface area contributed by atoms with Gasteiger partial charge in [0.2, 0.25) is 5.95 Å². The Bertz CT molecular complexity index is 609. The second kappa shape index (κ2) is 5.79. The summed E-state index contributed by atoms with van der Waals surface area (Å²) in [6, 6.07) is 8.12. The summed E-state index contributed by atoms with van der Waals surface area (Å²) in [5, 5.41) is 3.26. The number of nitrogens with zero attached hydrogens (tertiary/aromatic N) is 3. The van der Waals surface area contributed by atoms with E-state index in [0.29, 0.717) is 5.95 Å². The highest BCUT2D eigenvalue weighted by molar-refractivity contribution is 9.10. The third kappa shape index (κ3) is 2.93. The topological polar surface area (TPSA) is 41.1 Å². The first-order valence-electron chi connectivity index (χ1n) is 6.83. The van der Waals surface area contributed by atoms with Gasteiger partial charge >= 0.3 is 0 Å². The number of halogens is 1. The normalized spacial score (nSPS) is 14.6. The van der Waals surface area contributed by atoms with E-state index in [1.807, 2.05) is 24.4 Å². The molecule has 1 aromatic carbocycles. The van der Waals surface area contributed by atoms with Crippen molar-refractivity contribution in [2.45, 2.75) is 19.8 Å². The van der Waals surface area contributed by atoms with E-state index in [1.165, 1.54) is 18.4 Å². The smallest absolute Gasteiger partial charge is 0.229 e. The van der Waals surface area contributed by atoms with Gasteiger partial charge in [0, 0.05) is 29.4 Å². The van der Waals surface area contributed by atoms with Crippen LogP contribution in [-0.4, -0.2) is 23.1 Å². The first kappa shape index (κ1) is 13.4. The third-order valence-corrected chi connectivity index (χ3v) is 4.35. The number of anilines is 3. The summed E-state index contributed by atoms with van der Waals surface area (Å²) >= 11 is 3.54. The van der Waals surface area contributed by atoms with Gasteiger partial charge < -0.3 is 10.2 Å². The molecule has 4 nitrogen and oxygen atoms in total. The molecular weight excluding hydrogens is 316 g/mol. The first-order valence-corrected chi connectivity index (χ1v) is 7.63. The third-order valence-electron chi connectivity index (χ3n) is 3.50. The Balaban J connectivity index is 1.79. The monoisotopic (exact) mass is 332 g/mol. The molecule has 1 saturated heterocycles. The van der Waals surface area contributed by atoms with E-state index in [1.54, 1.807) is 0 Å². The molecule has 0 saturated carbocycles. The Morgan fingerprint density at radius 3 is 2.75 bits per heavy atom. The van der Waals surface area contributed by atoms with Crippen LogP contribution in [0.15, 0.2) is 34.9 Å². The summed E-state index contributed by atoms with van der Waals surface area (Å²) in [6.45, 7) is 4.25. The highest BCUT2D eigenvalue weighted by Gasteiger charge is 2.14. The van der Waals surface area contributed by atoms with Gasteiger partial charge in [-0.05, 0) is 43.5 Å². The molecule has 3 rings (SSSR count). The van der Waals surface area contributed by atoms with Crippen molar-refractivity contribution in [3.8, 4) is 0 Å². The molecule has 0 bridgehead atoms. The highest BCUT2D eigenvalue weighted by Crippen LogP contribution is 2.23. The van der Waals surface area contributed by atoms with Gasteiger partial charge in [0.15, 0.2) is 0 Å². The number of rotatable bonds is 3. The van der Waals surface area contributed by atoms with E-state index in [9.17, 15) is 0 Å². The maximum atomic E-state index is 4.59. The molecule has 0 amide bonds. The second-order valence-corrected chi connectivity index (χ2v) is 5.88. The highest BCUT2D eigenvalue weighted by atomic mass is 79.9. The number of aromatic nitrogens is 2. The molecule has 20 heavy (non-hydrogen) atoms. The van der Waals surface area contributed by atoms with Crippen molar-refractivity contribution in [1.29, 1.82) is 0 Å². The number of hydrogen-bond donors (Lipinski definition) is 1. The fraction of sp³-hybridized carbons (Fsp3) is 0.333. The lowest BCUT2D eigenvalue weighted by atomic mass is 10.2. The summed E-state index contributed by atoms with van der Waals surface area (Å²) in [5.41, 5.74) is 2.20. The SMILES string of the molecule is Cc1ccc(Nc2nccc(N3CCCC3)n2)cc1Br. The Morgan fingerprint density at radius 1 is 1.20 bits per heavy atom. The summed E-state index contributed by atoms with van der Waals surface area (Å²) in [5.74, 6) is 1.65. The molecule has 104 valence electrons. The summed E-state index contributed by atoms with van der Waals surface area (Å²) in [7, 11) is 0. The van der Waals surface area contributed by atoms with Gasteiger partial charge in [0.05, 0.1) is 0 Å². The Morgan fingerprint density at radius 2 is 2.00 bits per heavy atom. The Labute approximate surface area is 127 Å². The second-order valence-electron chi connectivity index (χ2n) is 5.02. The molecule has 1 N–H and O–H groups in total. The summed E-state index contributed by atoms with van der Waals surface area (Å²) in [4.78, 5) is 11.2. The van der Waals surface area contributed by atoms with Crippen LogP contribution in [0.2, 0.25) is 0 Å². The van der Waals surface area contributed by atoms with Crippen LogP contribution in [0.1, 0.15) is 18.4 Å². The van der Waals surface area contributed by atoms with Crippen molar-refractivity contribution >= 4 is 33.4 Å². The van der Waals surface area contributed by atoms with Crippen LogP contribution < -0.4 is 10.2 Å². The van der Waals surface area contributed by atoms with E-state index >= 15 is 0 Å². The van der Waals surface area contributed by atoms with Crippen molar-refractivity contribution < 1.29 is 0 Å². The molecule has 0 spiro atoms. The van der Waals surface area contributed by atoms with E-state index in [-0.39, 0.29) is 0 Å². The van der Waals surface area contributed by atoms with E-state index < -0.39 is 0 Å². The minimum Gasteiger partial charge on any atom is -0.356 e. The van der Waals surface area contributed by atoms with Gasteiger partial charge in [-0.15, -0.1) is 0 Å². The largest absolute Gasteiger partial charge is 0.356 e. The van der Waals surface area contributed by atoms with Crippen molar-refractivity contribution in [1.82, 2.24) is 9.97 Å². The van der Waals surface area contributed by atoms with Crippen LogP contribution in [0.4, 0.5) is 17.5 Å². The van der Waals surface area contributed by atoms with Crippen molar-refractivity contribution in [3.05, 3.63) is 40.5 Å². The number of hydrogen-bond acceptors (Lipinski definition) is 4. The zero-order valence-electron chi connectivity index (χ0n) is 11.4. The minimum atomic E-state index is 0.644. The first-order chi connectivity index (χ1) is 9.72. The Hall–Kier alpha value is -1.62. The average Bonchev–Trinajstić information content (AvgIpc) is 2.97. The lowest BCUT2D eigenvalue weighted by molar-refractivity contribution is 0.930. The molecule has 0 unspecified atom stereocenters. The molecule has 1 fully saturated rings. The Kier molecular flexibility index (Phi) is 3.87. The zero-order chi connectivity index (χ0) is 13.9. The van der Waals surface area contributed by atoms with Crippen LogP contribution in [0.5, 0.6) is 0 Å². The van der Waals surface area contributed by atoms with Gasteiger partial charge in [-0.25, -0.2) is 4.98 Å². The van der Waals surface area contributed by atoms with E-state index in [0.717, 1.165) is 29.1 Å². The average molecular weight is 333 g/mol.